The van der Waals surface area contributed by atoms with Gasteiger partial charge in [0.2, 0.25) is 0 Å². The van der Waals surface area contributed by atoms with E-state index in [1.807, 2.05) is 0 Å². The maximum atomic E-state index is 10.7. The van der Waals surface area contributed by atoms with Crippen molar-refractivity contribution in [3.05, 3.63) is 24.1 Å². The molecule has 0 aliphatic carbocycles. The molecule has 0 aromatic carbocycles. The van der Waals surface area contributed by atoms with Crippen LogP contribution in [-0.2, 0) is 23.8 Å². The van der Waals surface area contributed by atoms with Crippen LogP contribution in [0.4, 0.5) is 0 Å². The summed E-state index contributed by atoms with van der Waals surface area (Å²) in [6.07, 6.45) is 1.06. The highest BCUT2D eigenvalue weighted by Gasteiger charge is 2.03. The largest absolute Gasteiger partial charge is 0.460 e. The Morgan fingerprint density at radius 2 is 1.81 bits per heavy atom. The third-order valence-electron chi connectivity index (χ3n) is 1.34. The molecule has 0 fully saturated rings. The van der Waals surface area contributed by atoms with Gasteiger partial charge in [0, 0.05) is 6.08 Å². The fraction of sp³-hybridized carbons (Fsp3) is 0.500. The molecule has 0 N–H and O–H groups in total. The van der Waals surface area contributed by atoms with E-state index in [0.717, 1.165) is 6.08 Å². The summed E-state index contributed by atoms with van der Waals surface area (Å²) in [5.41, 5.74) is 0. The lowest BCUT2D eigenvalue weighted by atomic mass is 10.6. The molecule has 0 amide bonds. The van der Waals surface area contributed by atoms with Crippen molar-refractivity contribution < 1.29 is 23.8 Å². The zero-order valence-corrected chi connectivity index (χ0v) is 8.81. The molecule has 6 nitrogen and oxygen atoms in total. The standard InChI is InChI=1S/C10H13NO5/c1-3-9(12)15-6-4-14-5-7-16-10(13)8-11-2/h3H,1,4-8H2. The van der Waals surface area contributed by atoms with E-state index in [1.54, 1.807) is 0 Å². The van der Waals surface area contributed by atoms with Crippen LogP contribution in [0.3, 0.4) is 0 Å². The van der Waals surface area contributed by atoms with Crippen LogP contribution in [0.5, 0.6) is 0 Å². The van der Waals surface area contributed by atoms with E-state index < -0.39 is 11.9 Å². The number of esters is 2. The van der Waals surface area contributed by atoms with Gasteiger partial charge in [0.25, 0.3) is 0 Å². The highest BCUT2D eigenvalue weighted by Crippen LogP contribution is 1.84. The summed E-state index contributed by atoms with van der Waals surface area (Å²) < 4.78 is 14.2. The van der Waals surface area contributed by atoms with Gasteiger partial charge >= 0.3 is 18.5 Å². The van der Waals surface area contributed by atoms with Crippen molar-refractivity contribution in [1.82, 2.24) is 0 Å². The molecule has 88 valence electrons. The van der Waals surface area contributed by atoms with E-state index in [-0.39, 0.29) is 33.0 Å². The third kappa shape index (κ3) is 8.72. The molecule has 0 spiro atoms. The Labute approximate surface area is 93.6 Å². The predicted molar refractivity (Wildman–Crippen MR) is 54.4 cm³/mol. The lowest BCUT2D eigenvalue weighted by Crippen LogP contribution is -2.14. The molecule has 6 heteroatoms. The highest BCUT2D eigenvalue weighted by atomic mass is 16.6. The Morgan fingerprint density at radius 1 is 1.19 bits per heavy atom. The maximum absolute atomic E-state index is 10.7. The van der Waals surface area contributed by atoms with Crippen molar-refractivity contribution in [1.29, 1.82) is 0 Å². The van der Waals surface area contributed by atoms with Crippen LogP contribution in [0.15, 0.2) is 12.7 Å². The van der Waals surface area contributed by atoms with E-state index in [9.17, 15) is 9.59 Å². The smallest absolute Gasteiger partial charge is 0.387 e. The minimum atomic E-state index is -0.573. The third-order valence-corrected chi connectivity index (χ3v) is 1.34. The Balaban J connectivity index is 3.22. The number of carbonyl (C=O) groups is 2. The predicted octanol–water partition coefficient (Wildman–Crippen LogP) is 0.195. The topological polar surface area (TPSA) is 66.2 Å². The van der Waals surface area contributed by atoms with E-state index >= 15 is 0 Å². The molecule has 0 heterocycles. The van der Waals surface area contributed by atoms with Gasteiger partial charge in [-0.3, -0.25) is 0 Å². The van der Waals surface area contributed by atoms with Gasteiger partial charge in [-0.2, -0.15) is 0 Å². The molecular formula is C10H13NO5. The molecule has 16 heavy (non-hydrogen) atoms. The van der Waals surface area contributed by atoms with Crippen LogP contribution in [0.2, 0.25) is 0 Å². The van der Waals surface area contributed by atoms with Gasteiger partial charge in [0.1, 0.15) is 13.2 Å². The molecule has 0 bridgehead atoms. The van der Waals surface area contributed by atoms with Crippen LogP contribution in [0.1, 0.15) is 0 Å². The van der Waals surface area contributed by atoms with Gasteiger partial charge in [-0.25, -0.2) is 16.2 Å². The number of carbonyl (C=O) groups excluding carboxylic acids is 2. The first kappa shape index (κ1) is 14.1. The van der Waals surface area contributed by atoms with Crippen molar-refractivity contribution in [2.75, 3.05) is 33.0 Å². The fourth-order valence-electron chi connectivity index (χ4n) is 0.687. The Kier molecular flexibility index (Phi) is 8.55. The van der Waals surface area contributed by atoms with Gasteiger partial charge in [-0.05, 0) is 0 Å². The zero-order chi connectivity index (χ0) is 12.2. The van der Waals surface area contributed by atoms with Crippen molar-refractivity contribution >= 4 is 11.9 Å². The van der Waals surface area contributed by atoms with Crippen LogP contribution in [0, 0.1) is 6.57 Å². The number of ether oxygens (including phenoxy) is 3. The molecule has 0 aliphatic rings. The Bertz CT molecular complexity index is 281. The van der Waals surface area contributed by atoms with Crippen molar-refractivity contribution in [2.24, 2.45) is 0 Å². The first-order valence-corrected chi connectivity index (χ1v) is 4.56. The molecule has 0 rings (SSSR count). The molecule has 0 saturated heterocycles. The maximum Gasteiger partial charge on any atom is 0.387 e. The van der Waals surface area contributed by atoms with E-state index in [4.69, 9.17) is 11.3 Å². The summed E-state index contributed by atoms with van der Waals surface area (Å²) in [5, 5.41) is 0. The molecule has 0 aromatic heterocycles. The van der Waals surface area contributed by atoms with Crippen molar-refractivity contribution in [3.8, 4) is 0 Å². The first-order valence-electron chi connectivity index (χ1n) is 4.56. The van der Waals surface area contributed by atoms with Gasteiger partial charge < -0.3 is 19.1 Å². The van der Waals surface area contributed by atoms with E-state index in [2.05, 4.69) is 20.9 Å². The SMILES string of the molecule is [C-]#[N+]CC(=O)OCCOCCOC(=O)C=C. The van der Waals surface area contributed by atoms with Crippen LogP contribution >= 0.6 is 0 Å². The Hall–Kier alpha value is -1.87. The minimum absolute atomic E-state index is 0.0871. The Morgan fingerprint density at radius 3 is 2.38 bits per heavy atom. The summed E-state index contributed by atoms with van der Waals surface area (Å²) >= 11 is 0. The number of hydrogen-bond donors (Lipinski definition) is 0. The first-order chi connectivity index (χ1) is 7.70. The minimum Gasteiger partial charge on any atom is -0.460 e. The lowest BCUT2D eigenvalue weighted by Gasteiger charge is -2.04. The molecule has 0 aromatic rings. The second-order valence-electron chi connectivity index (χ2n) is 2.52. The summed E-state index contributed by atoms with van der Waals surface area (Å²) in [4.78, 5) is 24.1. The monoisotopic (exact) mass is 227 g/mol. The number of nitrogens with zero attached hydrogens (tertiary/aromatic N) is 1. The molecular weight excluding hydrogens is 214 g/mol. The molecule has 0 atom stereocenters. The van der Waals surface area contributed by atoms with Gasteiger partial charge in [0.15, 0.2) is 0 Å². The number of rotatable bonds is 8. The van der Waals surface area contributed by atoms with Crippen LogP contribution < -0.4 is 0 Å². The molecule has 0 saturated carbocycles. The number of hydrogen-bond acceptors (Lipinski definition) is 5. The fourth-order valence-corrected chi connectivity index (χ4v) is 0.687. The molecule has 0 radical (unpaired) electrons. The average Bonchev–Trinajstić information content (AvgIpc) is 2.27. The summed E-state index contributed by atoms with van der Waals surface area (Å²) in [6, 6.07) is 0. The van der Waals surface area contributed by atoms with Crippen LogP contribution in [0.25, 0.3) is 4.85 Å². The van der Waals surface area contributed by atoms with Crippen molar-refractivity contribution in [2.45, 2.75) is 0 Å². The molecule has 0 aliphatic heterocycles. The normalized spacial score (nSPS) is 8.94. The second-order valence-corrected chi connectivity index (χ2v) is 2.52. The summed E-state index contributed by atoms with van der Waals surface area (Å²) in [5.74, 6) is -1.08. The zero-order valence-electron chi connectivity index (χ0n) is 8.81. The summed E-state index contributed by atoms with van der Waals surface area (Å²) in [6.45, 7) is 9.99. The average molecular weight is 227 g/mol. The van der Waals surface area contributed by atoms with E-state index in [0.29, 0.717) is 0 Å². The van der Waals surface area contributed by atoms with Gasteiger partial charge in [0.05, 0.1) is 13.2 Å². The van der Waals surface area contributed by atoms with Gasteiger partial charge in [-0.1, -0.05) is 6.58 Å². The van der Waals surface area contributed by atoms with Gasteiger partial charge in [-0.15, -0.1) is 0 Å². The highest BCUT2D eigenvalue weighted by molar-refractivity contribution is 5.81. The van der Waals surface area contributed by atoms with Crippen LogP contribution in [-0.4, -0.2) is 44.9 Å². The second kappa shape index (κ2) is 9.68. The molecule has 0 unspecified atom stereocenters. The lowest BCUT2D eigenvalue weighted by molar-refractivity contribution is -0.143. The summed E-state index contributed by atoms with van der Waals surface area (Å²) in [7, 11) is 0. The quantitative estimate of drug-likeness (QED) is 0.256. The van der Waals surface area contributed by atoms with Crippen molar-refractivity contribution in [3.63, 3.8) is 0 Å². The van der Waals surface area contributed by atoms with E-state index in [1.165, 1.54) is 0 Å².